The fourth-order valence-corrected chi connectivity index (χ4v) is 1.83. The summed E-state index contributed by atoms with van der Waals surface area (Å²) in [4.78, 5) is 4.47. The van der Waals surface area contributed by atoms with E-state index in [0.717, 1.165) is 29.6 Å². The third-order valence-electron chi connectivity index (χ3n) is 2.77. The Morgan fingerprint density at radius 1 is 1.21 bits per heavy atom. The molecule has 0 aliphatic rings. The summed E-state index contributed by atoms with van der Waals surface area (Å²) in [5.41, 5.74) is 2.01. The first kappa shape index (κ1) is 13.4. The van der Waals surface area contributed by atoms with Crippen LogP contribution in [0.4, 0.5) is 5.95 Å². The molecular weight excluding hydrogens is 242 g/mol. The van der Waals surface area contributed by atoms with E-state index in [2.05, 4.69) is 10.3 Å². The van der Waals surface area contributed by atoms with Crippen molar-refractivity contribution in [3.63, 3.8) is 0 Å². The van der Waals surface area contributed by atoms with E-state index in [1.807, 2.05) is 42.0 Å². The van der Waals surface area contributed by atoms with Crippen LogP contribution in [-0.4, -0.2) is 36.9 Å². The van der Waals surface area contributed by atoms with Gasteiger partial charge in [-0.3, -0.25) is 4.57 Å². The largest absolute Gasteiger partial charge is 0.497 e. The number of rotatable bonds is 6. The number of nitrogens with zero attached hydrogens (tertiary/aromatic N) is 2. The Balaban J connectivity index is 2.22. The van der Waals surface area contributed by atoms with Crippen molar-refractivity contribution in [1.82, 2.24) is 9.55 Å². The lowest BCUT2D eigenvalue weighted by Crippen LogP contribution is -2.11. The highest BCUT2D eigenvalue weighted by Gasteiger charge is 2.07. The summed E-state index contributed by atoms with van der Waals surface area (Å²) in [5.74, 6) is 1.66. The second-order valence-electron chi connectivity index (χ2n) is 4.19. The first-order valence-corrected chi connectivity index (χ1v) is 6.18. The van der Waals surface area contributed by atoms with Gasteiger partial charge >= 0.3 is 0 Å². The number of hydrogen-bond acceptors (Lipinski definition) is 4. The van der Waals surface area contributed by atoms with Crippen molar-refractivity contribution in [2.45, 2.75) is 6.92 Å². The maximum Gasteiger partial charge on any atom is 0.207 e. The van der Waals surface area contributed by atoms with Crippen molar-refractivity contribution in [2.24, 2.45) is 0 Å². The lowest BCUT2D eigenvalue weighted by Gasteiger charge is -2.10. The molecule has 0 fully saturated rings. The average Bonchev–Trinajstić information content (AvgIpc) is 2.80. The van der Waals surface area contributed by atoms with Crippen molar-refractivity contribution in [1.29, 1.82) is 0 Å². The molecular formula is C14H19N3O2. The molecule has 1 heterocycles. The monoisotopic (exact) mass is 261 g/mol. The van der Waals surface area contributed by atoms with Crippen LogP contribution >= 0.6 is 0 Å². The van der Waals surface area contributed by atoms with Gasteiger partial charge in [0, 0.05) is 25.5 Å². The number of aryl methyl sites for hydroxylation is 1. The summed E-state index contributed by atoms with van der Waals surface area (Å²) in [6, 6.07) is 7.87. The van der Waals surface area contributed by atoms with Gasteiger partial charge in [-0.25, -0.2) is 4.98 Å². The van der Waals surface area contributed by atoms with E-state index in [1.54, 1.807) is 14.2 Å². The summed E-state index contributed by atoms with van der Waals surface area (Å²) in [5, 5.41) is 3.26. The standard InChI is InChI=1S/C14H19N3O2/c1-11-10-17(14(16-11)15-8-9-18-2)12-4-6-13(19-3)7-5-12/h4-7,10H,8-9H2,1-3H3,(H,15,16). The Hall–Kier alpha value is -2.01. The van der Waals surface area contributed by atoms with Crippen LogP contribution in [-0.2, 0) is 4.74 Å². The molecule has 2 rings (SSSR count). The predicted molar refractivity (Wildman–Crippen MR) is 75.2 cm³/mol. The molecule has 102 valence electrons. The van der Waals surface area contributed by atoms with Crippen LogP contribution in [0.25, 0.3) is 5.69 Å². The molecule has 0 saturated heterocycles. The fraction of sp³-hybridized carbons (Fsp3) is 0.357. The zero-order valence-corrected chi connectivity index (χ0v) is 11.5. The van der Waals surface area contributed by atoms with Crippen molar-refractivity contribution in [3.05, 3.63) is 36.2 Å². The van der Waals surface area contributed by atoms with Gasteiger partial charge in [0.25, 0.3) is 0 Å². The molecule has 0 atom stereocenters. The lowest BCUT2D eigenvalue weighted by atomic mass is 10.3. The Morgan fingerprint density at radius 3 is 2.58 bits per heavy atom. The summed E-state index contributed by atoms with van der Waals surface area (Å²) in [7, 11) is 3.34. The number of benzene rings is 1. The Kier molecular flexibility index (Phi) is 4.41. The lowest BCUT2D eigenvalue weighted by molar-refractivity contribution is 0.210. The van der Waals surface area contributed by atoms with Crippen molar-refractivity contribution in [2.75, 3.05) is 32.7 Å². The van der Waals surface area contributed by atoms with Crippen LogP contribution in [0, 0.1) is 6.92 Å². The van der Waals surface area contributed by atoms with Crippen molar-refractivity contribution in [3.8, 4) is 11.4 Å². The third-order valence-corrected chi connectivity index (χ3v) is 2.77. The van der Waals surface area contributed by atoms with E-state index in [0.29, 0.717) is 6.61 Å². The Labute approximate surface area is 113 Å². The second-order valence-corrected chi connectivity index (χ2v) is 4.19. The van der Waals surface area contributed by atoms with Gasteiger partial charge in [0.15, 0.2) is 0 Å². The highest BCUT2D eigenvalue weighted by Crippen LogP contribution is 2.19. The maximum absolute atomic E-state index is 5.16. The minimum absolute atomic E-state index is 0.647. The van der Waals surface area contributed by atoms with Crippen LogP contribution in [0.3, 0.4) is 0 Å². The van der Waals surface area contributed by atoms with E-state index in [4.69, 9.17) is 9.47 Å². The molecule has 0 aliphatic carbocycles. The van der Waals surface area contributed by atoms with E-state index < -0.39 is 0 Å². The summed E-state index contributed by atoms with van der Waals surface area (Å²) >= 11 is 0. The number of aromatic nitrogens is 2. The number of methoxy groups -OCH3 is 2. The average molecular weight is 261 g/mol. The third kappa shape index (κ3) is 3.26. The highest BCUT2D eigenvalue weighted by molar-refractivity contribution is 5.45. The topological polar surface area (TPSA) is 48.3 Å². The predicted octanol–water partition coefficient (Wildman–Crippen LogP) is 2.25. The van der Waals surface area contributed by atoms with Gasteiger partial charge in [-0.2, -0.15) is 0 Å². The molecule has 0 aliphatic heterocycles. The van der Waals surface area contributed by atoms with E-state index in [-0.39, 0.29) is 0 Å². The van der Waals surface area contributed by atoms with Gasteiger partial charge in [0.05, 0.1) is 19.4 Å². The van der Waals surface area contributed by atoms with Crippen molar-refractivity contribution < 1.29 is 9.47 Å². The van der Waals surface area contributed by atoms with Gasteiger partial charge in [0.2, 0.25) is 5.95 Å². The number of ether oxygens (including phenoxy) is 2. The molecule has 1 N–H and O–H groups in total. The van der Waals surface area contributed by atoms with Crippen LogP contribution in [0.15, 0.2) is 30.5 Å². The summed E-state index contributed by atoms with van der Waals surface area (Å²) < 4.78 is 12.2. The minimum atomic E-state index is 0.647. The number of imidazole rings is 1. The van der Waals surface area contributed by atoms with Crippen molar-refractivity contribution >= 4 is 5.95 Å². The van der Waals surface area contributed by atoms with E-state index in [1.165, 1.54) is 0 Å². The fourth-order valence-electron chi connectivity index (χ4n) is 1.83. The maximum atomic E-state index is 5.16. The van der Waals surface area contributed by atoms with Crippen LogP contribution in [0.5, 0.6) is 5.75 Å². The van der Waals surface area contributed by atoms with Gasteiger partial charge in [-0.1, -0.05) is 0 Å². The smallest absolute Gasteiger partial charge is 0.207 e. The molecule has 0 spiro atoms. The number of hydrogen-bond donors (Lipinski definition) is 1. The molecule has 0 bridgehead atoms. The van der Waals surface area contributed by atoms with Gasteiger partial charge in [-0.05, 0) is 31.2 Å². The highest BCUT2D eigenvalue weighted by atomic mass is 16.5. The van der Waals surface area contributed by atoms with Gasteiger partial charge in [0.1, 0.15) is 5.75 Å². The van der Waals surface area contributed by atoms with Gasteiger partial charge in [-0.15, -0.1) is 0 Å². The van der Waals surface area contributed by atoms with Gasteiger partial charge < -0.3 is 14.8 Å². The zero-order chi connectivity index (χ0) is 13.7. The number of anilines is 1. The molecule has 19 heavy (non-hydrogen) atoms. The Bertz CT molecular complexity index is 520. The SMILES string of the molecule is COCCNc1nc(C)cn1-c1ccc(OC)cc1. The quantitative estimate of drug-likeness (QED) is 0.810. The molecule has 0 unspecified atom stereocenters. The van der Waals surface area contributed by atoms with Crippen LogP contribution in [0.2, 0.25) is 0 Å². The molecule has 0 amide bonds. The Morgan fingerprint density at radius 2 is 1.95 bits per heavy atom. The number of nitrogens with one attached hydrogen (secondary N) is 1. The molecule has 1 aromatic heterocycles. The molecule has 5 heteroatoms. The summed E-state index contributed by atoms with van der Waals surface area (Å²) in [6.07, 6.45) is 2.00. The normalized spacial score (nSPS) is 10.5. The van der Waals surface area contributed by atoms with Crippen LogP contribution in [0.1, 0.15) is 5.69 Å². The first-order chi connectivity index (χ1) is 9.24. The molecule has 5 nitrogen and oxygen atoms in total. The summed E-state index contributed by atoms with van der Waals surface area (Å²) in [6.45, 7) is 3.35. The molecule has 0 saturated carbocycles. The van der Waals surface area contributed by atoms with E-state index in [9.17, 15) is 0 Å². The molecule has 2 aromatic rings. The molecule has 1 aromatic carbocycles. The second kappa shape index (κ2) is 6.24. The first-order valence-electron chi connectivity index (χ1n) is 6.18. The zero-order valence-electron chi connectivity index (χ0n) is 11.5. The molecule has 0 radical (unpaired) electrons. The van der Waals surface area contributed by atoms with Crippen LogP contribution < -0.4 is 10.1 Å². The van der Waals surface area contributed by atoms with E-state index >= 15 is 0 Å². The minimum Gasteiger partial charge on any atom is -0.497 e.